The number of hydrogen-bond acceptors (Lipinski definition) is 3. The molecule has 3 rings (SSSR count). The van der Waals surface area contributed by atoms with E-state index >= 15 is 0 Å². The van der Waals surface area contributed by atoms with Crippen LogP contribution in [0, 0.1) is 0 Å². The number of nitrogens with zero attached hydrogens (tertiary/aromatic N) is 2. The van der Waals surface area contributed by atoms with Gasteiger partial charge in [-0.05, 0) is 35.9 Å². The molecule has 140 valence electrons. The van der Waals surface area contributed by atoms with E-state index in [4.69, 9.17) is 16.3 Å². The van der Waals surface area contributed by atoms with Gasteiger partial charge in [0.1, 0.15) is 5.75 Å². The van der Waals surface area contributed by atoms with Gasteiger partial charge in [0.2, 0.25) is 0 Å². The molecule has 0 atom stereocenters. The van der Waals surface area contributed by atoms with Crippen LogP contribution in [0.15, 0.2) is 54.9 Å². The summed E-state index contributed by atoms with van der Waals surface area (Å²) >= 11 is 5.60. The largest absolute Gasteiger partial charge is 0.419 e. The molecule has 1 heterocycles. The standard InChI is InChI=1S/C18H13ClF3N3O2/c1-25(13-5-6-16(19)15(8-13)18(20,21)22)17(26)27-14-4-2-3-11(7-14)12-9-23-24-10-12/h2-10H,1H3,(H,23,24). The van der Waals surface area contributed by atoms with Gasteiger partial charge in [-0.15, -0.1) is 0 Å². The number of H-pyrrole nitrogens is 1. The fourth-order valence-electron chi connectivity index (χ4n) is 2.36. The lowest BCUT2D eigenvalue weighted by molar-refractivity contribution is -0.137. The van der Waals surface area contributed by atoms with Gasteiger partial charge < -0.3 is 4.74 Å². The molecule has 0 fully saturated rings. The first kappa shape index (κ1) is 18.8. The molecule has 1 aromatic heterocycles. The van der Waals surface area contributed by atoms with Crippen LogP contribution < -0.4 is 9.64 Å². The molecule has 0 aliphatic heterocycles. The summed E-state index contributed by atoms with van der Waals surface area (Å²) < 4.78 is 44.2. The van der Waals surface area contributed by atoms with E-state index in [1.165, 1.54) is 13.1 Å². The molecule has 27 heavy (non-hydrogen) atoms. The quantitative estimate of drug-likeness (QED) is 0.647. The average Bonchev–Trinajstić information content (AvgIpc) is 3.15. The highest BCUT2D eigenvalue weighted by atomic mass is 35.5. The molecule has 0 unspecified atom stereocenters. The van der Waals surface area contributed by atoms with Crippen LogP contribution in [0.5, 0.6) is 5.75 Å². The zero-order valence-corrected chi connectivity index (χ0v) is 14.7. The normalized spacial score (nSPS) is 11.3. The van der Waals surface area contributed by atoms with Gasteiger partial charge in [0.25, 0.3) is 0 Å². The third kappa shape index (κ3) is 4.22. The minimum Gasteiger partial charge on any atom is -0.410 e. The summed E-state index contributed by atoms with van der Waals surface area (Å²) in [5, 5.41) is 6.09. The molecule has 0 spiro atoms. The second-order valence-corrected chi connectivity index (χ2v) is 6.01. The van der Waals surface area contributed by atoms with Gasteiger partial charge in [0.15, 0.2) is 0 Å². The molecule has 5 nitrogen and oxygen atoms in total. The molecule has 1 amide bonds. The van der Waals surface area contributed by atoms with Crippen LogP contribution >= 0.6 is 11.6 Å². The number of carbonyl (C=O) groups excluding carboxylic acids is 1. The van der Waals surface area contributed by atoms with Crippen molar-refractivity contribution in [2.45, 2.75) is 6.18 Å². The molecule has 0 aliphatic rings. The summed E-state index contributed by atoms with van der Waals surface area (Å²) in [5.41, 5.74) is 0.544. The lowest BCUT2D eigenvalue weighted by Crippen LogP contribution is -2.29. The molecular weight excluding hydrogens is 383 g/mol. The van der Waals surface area contributed by atoms with Crippen molar-refractivity contribution in [1.82, 2.24) is 10.2 Å². The molecule has 0 saturated carbocycles. The average molecular weight is 396 g/mol. The van der Waals surface area contributed by atoms with Crippen LogP contribution in [0.4, 0.5) is 23.7 Å². The molecule has 1 N–H and O–H groups in total. The number of anilines is 1. The van der Waals surface area contributed by atoms with Gasteiger partial charge in [0, 0.05) is 24.5 Å². The van der Waals surface area contributed by atoms with Crippen LogP contribution in [0.1, 0.15) is 5.56 Å². The Morgan fingerprint density at radius 2 is 1.96 bits per heavy atom. The van der Waals surface area contributed by atoms with E-state index in [-0.39, 0.29) is 11.4 Å². The minimum atomic E-state index is -4.63. The maximum absolute atomic E-state index is 13.0. The van der Waals surface area contributed by atoms with Gasteiger partial charge >= 0.3 is 12.3 Å². The van der Waals surface area contributed by atoms with Crippen molar-refractivity contribution in [1.29, 1.82) is 0 Å². The van der Waals surface area contributed by atoms with E-state index in [2.05, 4.69) is 10.2 Å². The van der Waals surface area contributed by atoms with Crippen LogP contribution in [-0.2, 0) is 6.18 Å². The molecule has 0 saturated heterocycles. The summed E-state index contributed by atoms with van der Waals surface area (Å²) in [6.07, 6.45) is -2.18. The number of amides is 1. The number of rotatable bonds is 3. The van der Waals surface area contributed by atoms with Crippen molar-refractivity contribution in [3.8, 4) is 16.9 Å². The Hall–Kier alpha value is -3.00. The summed E-state index contributed by atoms with van der Waals surface area (Å²) in [6, 6.07) is 9.88. The zero-order valence-electron chi connectivity index (χ0n) is 13.9. The van der Waals surface area contributed by atoms with Crippen LogP contribution in [-0.4, -0.2) is 23.3 Å². The fourth-order valence-corrected chi connectivity index (χ4v) is 2.59. The smallest absolute Gasteiger partial charge is 0.410 e. The third-order valence-electron chi connectivity index (χ3n) is 3.79. The van der Waals surface area contributed by atoms with E-state index in [1.807, 2.05) is 0 Å². The highest BCUT2D eigenvalue weighted by Crippen LogP contribution is 2.37. The van der Waals surface area contributed by atoms with Crippen molar-refractivity contribution in [2.24, 2.45) is 0 Å². The molecule has 3 aromatic rings. The molecule has 0 aliphatic carbocycles. The van der Waals surface area contributed by atoms with Crippen LogP contribution in [0.3, 0.4) is 0 Å². The van der Waals surface area contributed by atoms with Gasteiger partial charge in [-0.3, -0.25) is 10.00 Å². The number of alkyl halides is 3. The Morgan fingerprint density at radius 3 is 2.63 bits per heavy atom. The fraction of sp³-hybridized carbons (Fsp3) is 0.111. The summed E-state index contributed by atoms with van der Waals surface area (Å²) in [7, 11) is 1.31. The summed E-state index contributed by atoms with van der Waals surface area (Å²) in [4.78, 5) is 13.3. The van der Waals surface area contributed by atoms with Crippen molar-refractivity contribution < 1.29 is 22.7 Å². The lowest BCUT2D eigenvalue weighted by atomic mass is 10.1. The van der Waals surface area contributed by atoms with Crippen molar-refractivity contribution in [2.75, 3.05) is 11.9 Å². The molecule has 2 aromatic carbocycles. The topological polar surface area (TPSA) is 58.2 Å². The molecular formula is C18H13ClF3N3O2. The highest BCUT2D eigenvalue weighted by molar-refractivity contribution is 6.31. The number of halogens is 4. The maximum Gasteiger partial charge on any atom is 0.419 e. The first-order valence-electron chi connectivity index (χ1n) is 7.67. The number of hydrogen-bond donors (Lipinski definition) is 1. The number of ether oxygens (including phenoxy) is 1. The van der Waals surface area contributed by atoms with Gasteiger partial charge in [0.05, 0.1) is 16.8 Å². The number of aromatic amines is 1. The van der Waals surface area contributed by atoms with E-state index in [0.29, 0.717) is 0 Å². The van der Waals surface area contributed by atoms with Crippen molar-refractivity contribution in [3.05, 3.63) is 65.4 Å². The van der Waals surface area contributed by atoms with Gasteiger partial charge in [-0.1, -0.05) is 23.7 Å². The van der Waals surface area contributed by atoms with Gasteiger partial charge in [-0.2, -0.15) is 18.3 Å². The predicted molar refractivity (Wildman–Crippen MR) is 94.9 cm³/mol. The number of carbonyl (C=O) groups is 1. The zero-order chi connectivity index (χ0) is 19.6. The predicted octanol–water partition coefficient (Wildman–Crippen LogP) is 5.38. The number of nitrogens with one attached hydrogen (secondary N) is 1. The van der Waals surface area contributed by atoms with E-state index in [9.17, 15) is 18.0 Å². The molecule has 0 bridgehead atoms. The Bertz CT molecular complexity index is 959. The summed E-state index contributed by atoms with van der Waals surface area (Å²) in [6.45, 7) is 0. The second kappa shape index (κ2) is 7.32. The Balaban J connectivity index is 1.80. The van der Waals surface area contributed by atoms with Crippen LogP contribution in [0.25, 0.3) is 11.1 Å². The van der Waals surface area contributed by atoms with Crippen LogP contribution in [0.2, 0.25) is 5.02 Å². The van der Waals surface area contributed by atoms with Gasteiger partial charge in [-0.25, -0.2) is 4.79 Å². The third-order valence-corrected chi connectivity index (χ3v) is 4.12. The number of aromatic nitrogens is 2. The maximum atomic E-state index is 13.0. The minimum absolute atomic E-state index is 0.00251. The monoisotopic (exact) mass is 395 g/mol. The Kier molecular flexibility index (Phi) is 5.09. The lowest BCUT2D eigenvalue weighted by Gasteiger charge is -2.19. The number of benzene rings is 2. The first-order valence-corrected chi connectivity index (χ1v) is 8.05. The first-order chi connectivity index (χ1) is 12.8. The van der Waals surface area contributed by atoms with Crippen molar-refractivity contribution >= 4 is 23.4 Å². The molecule has 0 radical (unpaired) electrons. The van der Waals surface area contributed by atoms with E-state index in [0.717, 1.165) is 28.2 Å². The SMILES string of the molecule is CN(C(=O)Oc1cccc(-c2cn[nH]c2)c1)c1ccc(Cl)c(C(F)(F)F)c1. The van der Waals surface area contributed by atoms with Crippen molar-refractivity contribution in [3.63, 3.8) is 0 Å². The summed E-state index contributed by atoms with van der Waals surface area (Å²) in [5.74, 6) is 0.246. The Labute approximate surface area is 157 Å². The molecule has 9 heteroatoms. The van der Waals surface area contributed by atoms with E-state index < -0.39 is 22.9 Å². The second-order valence-electron chi connectivity index (χ2n) is 5.60. The Morgan fingerprint density at radius 1 is 1.19 bits per heavy atom. The highest BCUT2D eigenvalue weighted by Gasteiger charge is 2.34. The van der Waals surface area contributed by atoms with E-state index in [1.54, 1.807) is 36.7 Å².